The number of anilines is 3. The molecule has 0 saturated carbocycles. The molecule has 0 unspecified atom stereocenters. The molecule has 2 aromatic carbocycles. The second kappa shape index (κ2) is 7.61. The third-order valence-corrected chi connectivity index (χ3v) is 4.42. The van der Waals surface area contributed by atoms with Crippen molar-refractivity contribution in [1.29, 1.82) is 0 Å². The van der Waals surface area contributed by atoms with E-state index in [9.17, 15) is 0 Å². The molecule has 0 atom stereocenters. The summed E-state index contributed by atoms with van der Waals surface area (Å²) in [7, 11) is 0. The Bertz CT molecular complexity index is 840. The van der Waals surface area contributed by atoms with Crippen molar-refractivity contribution >= 4 is 45.3 Å². The monoisotopic (exact) mass is 402 g/mol. The lowest BCUT2D eigenvalue weighted by molar-refractivity contribution is 0.909. The molecule has 0 saturated heterocycles. The molecule has 0 radical (unpaired) electrons. The molecule has 3 aromatic rings. The van der Waals surface area contributed by atoms with Crippen molar-refractivity contribution in [2.45, 2.75) is 17.0 Å². The van der Waals surface area contributed by atoms with Crippen molar-refractivity contribution < 1.29 is 0 Å². The molecule has 8 heteroatoms. The van der Waals surface area contributed by atoms with Gasteiger partial charge in [0.15, 0.2) is 5.16 Å². The van der Waals surface area contributed by atoms with Gasteiger partial charge in [-0.3, -0.25) is 5.43 Å². The quantitative estimate of drug-likeness (QED) is 0.436. The average molecular weight is 403 g/mol. The van der Waals surface area contributed by atoms with Gasteiger partial charge in [0.25, 0.3) is 0 Å². The fourth-order valence-electron chi connectivity index (χ4n) is 1.93. The number of nitrogens with zero attached hydrogens (tertiary/aromatic N) is 3. The Hall–Kier alpha value is -2.16. The van der Waals surface area contributed by atoms with Crippen LogP contribution in [0.5, 0.6) is 0 Å². The van der Waals surface area contributed by atoms with Crippen LogP contribution in [0.1, 0.15) is 5.56 Å². The lowest BCUT2D eigenvalue weighted by Gasteiger charge is -2.08. The number of halogens is 1. The molecule has 24 heavy (non-hydrogen) atoms. The second-order valence-corrected chi connectivity index (χ2v) is 6.92. The lowest BCUT2D eigenvalue weighted by Crippen LogP contribution is -2.13. The standard InChI is InChI=1S/C16H15BrN6S/c1-10-5-7-13(8-6-10)24-16-21-14(20-15(22-16)23-18)19-12-4-2-3-11(17)9-12/h2-9H,18H2,1H3,(H2,19,20,21,22,23). The number of benzene rings is 2. The van der Waals surface area contributed by atoms with Crippen LogP contribution in [0, 0.1) is 6.92 Å². The average Bonchev–Trinajstić information content (AvgIpc) is 2.57. The van der Waals surface area contributed by atoms with Gasteiger partial charge in [-0.15, -0.1) is 0 Å². The Balaban J connectivity index is 1.86. The van der Waals surface area contributed by atoms with Gasteiger partial charge < -0.3 is 5.32 Å². The summed E-state index contributed by atoms with van der Waals surface area (Å²) >= 11 is 4.89. The van der Waals surface area contributed by atoms with Gasteiger partial charge in [0.2, 0.25) is 11.9 Å². The Morgan fingerprint density at radius 1 is 1.00 bits per heavy atom. The van der Waals surface area contributed by atoms with E-state index in [4.69, 9.17) is 5.84 Å². The SMILES string of the molecule is Cc1ccc(Sc2nc(NN)nc(Nc3cccc(Br)c3)n2)cc1. The van der Waals surface area contributed by atoms with E-state index in [1.54, 1.807) is 0 Å². The topological polar surface area (TPSA) is 88.8 Å². The maximum Gasteiger partial charge on any atom is 0.242 e. The third kappa shape index (κ3) is 4.44. The molecule has 0 aliphatic rings. The van der Waals surface area contributed by atoms with Crippen molar-refractivity contribution in [3.63, 3.8) is 0 Å². The fourth-order valence-corrected chi connectivity index (χ4v) is 3.08. The number of aryl methyl sites for hydroxylation is 1. The van der Waals surface area contributed by atoms with Crippen LogP contribution in [0.15, 0.2) is 63.1 Å². The number of nitrogens with two attached hydrogens (primary N) is 1. The van der Waals surface area contributed by atoms with Gasteiger partial charge in [-0.1, -0.05) is 39.7 Å². The third-order valence-electron chi connectivity index (χ3n) is 3.05. The van der Waals surface area contributed by atoms with Crippen LogP contribution in [0.25, 0.3) is 0 Å². The normalized spacial score (nSPS) is 10.5. The van der Waals surface area contributed by atoms with E-state index in [0.717, 1.165) is 15.1 Å². The highest BCUT2D eigenvalue weighted by atomic mass is 79.9. The first-order valence-corrected chi connectivity index (χ1v) is 8.73. The molecule has 0 amide bonds. The van der Waals surface area contributed by atoms with Gasteiger partial charge in [-0.05, 0) is 49.0 Å². The highest BCUT2D eigenvalue weighted by Crippen LogP contribution is 2.27. The molecular formula is C16H15BrN6S. The summed E-state index contributed by atoms with van der Waals surface area (Å²) in [5, 5.41) is 3.71. The number of nitrogens with one attached hydrogen (secondary N) is 2. The van der Waals surface area contributed by atoms with Crippen LogP contribution in [-0.2, 0) is 0 Å². The summed E-state index contributed by atoms with van der Waals surface area (Å²) in [6.07, 6.45) is 0. The van der Waals surface area contributed by atoms with E-state index in [-0.39, 0.29) is 0 Å². The molecule has 122 valence electrons. The minimum Gasteiger partial charge on any atom is -0.324 e. The van der Waals surface area contributed by atoms with Crippen molar-refractivity contribution in [2.24, 2.45) is 5.84 Å². The van der Waals surface area contributed by atoms with Gasteiger partial charge in [0.05, 0.1) is 0 Å². The maximum absolute atomic E-state index is 5.47. The first-order chi connectivity index (χ1) is 11.6. The number of hydrazine groups is 1. The number of aromatic nitrogens is 3. The Labute approximate surface area is 152 Å². The zero-order valence-electron chi connectivity index (χ0n) is 12.8. The molecule has 0 spiro atoms. The van der Waals surface area contributed by atoms with Crippen LogP contribution in [-0.4, -0.2) is 15.0 Å². The molecule has 0 aliphatic heterocycles. The highest BCUT2D eigenvalue weighted by Gasteiger charge is 2.08. The van der Waals surface area contributed by atoms with Gasteiger partial charge in [-0.25, -0.2) is 5.84 Å². The first kappa shape index (κ1) is 16.7. The van der Waals surface area contributed by atoms with E-state index in [2.05, 4.69) is 41.6 Å². The minimum atomic E-state index is 0.303. The van der Waals surface area contributed by atoms with E-state index < -0.39 is 0 Å². The minimum absolute atomic E-state index is 0.303. The molecule has 0 fully saturated rings. The van der Waals surface area contributed by atoms with Crippen LogP contribution in [0.3, 0.4) is 0 Å². The molecule has 4 N–H and O–H groups in total. The number of hydrogen-bond acceptors (Lipinski definition) is 7. The van der Waals surface area contributed by atoms with Crippen LogP contribution in [0.2, 0.25) is 0 Å². The summed E-state index contributed by atoms with van der Waals surface area (Å²) in [5.41, 5.74) is 4.55. The van der Waals surface area contributed by atoms with Gasteiger partial charge >= 0.3 is 0 Å². The summed E-state index contributed by atoms with van der Waals surface area (Å²) < 4.78 is 0.966. The predicted octanol–water partition coefficient (Wildman–Crippen LogP) is 4.12. The summed E-state index contributed by atoms with van der Waals surface area (Å²) in [6, 6.07) is 15.9. The highest BCUT2D eigenvalue weighted by molar-refractivity contribution is 9.10. The molecular weight excluding hydrogens is 388 g/mol. The Morgan fingerprint density at radius 2 is 1.75 bits per heavy atom. The number of hydrogen-bond donors (Lipinski definition) is 3. The molecule has 6 nitrogen and oxygen atoms in total. The first-order valence-electron chi connectivity index (χ1n) is 7.12. The van der Waals surface area contributed by atoms with Crippen LogP contribution < -0.4 is 16.6 Å². The van der Waals surface area contributed by atoms with E-state index in [1.807, 2.05) is 55.5 Å². The van der Waals surface area contributed by atoms with E-state index in [1.165, 1.54) is 17.3 Å². The molecule has 3 rings (SSSR count). The lowest BCUT2D eigenvalue weighted by atomic mass is 10.2. The van der Waals surface area contributed by atoms with Crippen molar-refractivity contribution in [2.75, 3.05) is 10.7 Å². The maximum atomic E-state index is 5.47. The van der Waals surface area contributed by atoms with Gasteiger partial charge in [0, 0.05) is 15.1 Å². The van der Waals surface area contributed by atoms with E-state index in [0.29, 0.717) is 17.1 Å². The summed E-state index contributed by atoms with van der Waals surface area (Å²) in [5.74, 6) is 6.20. The Morgan fingerprint density at radius 3 is 2.46 bits per heavy atom. The summed E-state index contributed by atoms with van der Waals surface area (Å²) in [6.45, 7) is 2.05. The smallest absolute Gasteiger partial charge is 0.242 e. The van der Waals surface area contributed by atoms with Crippen LogP contribution in [0.4, 0.5) is 17.6 Å². The summed E-state index contributed by atoms with van der Waals surface area (Å²) in [4.78, 5) is 14.0. The largest absolute Gasteiger partial charge is 0.324 e. The van der Waals surface area contributed by atoms with Gasteiger partial charge in [0.1, 0.15) is 0 Å². The molecule has 0 aliphatic carbocycles. The predicted molar refractivity (Wildman–Crippen MR) is 100 cm³/mol. The van der Waals surface area contributed by atoms with E-state index >= 15 is 0 Å². The molecule has 1 aromatic heterocycles. The number of nitrogen functional groups attached to an aromatic ring is 1. The van der Waals surface area contributed by atoms with Gasteiger partial charge in [-0.2, -0.15) is 15.0 Å². The molecule has 0 bridgehead atoms. The van der Waals surface area contributed by atoms with Crippen molar-refractivity contribution in [3.8, 4) is 0 Å². The molecule has 1 heterocycles. The zero-order chi connectivity index (χ0) is 16.9. The van der Waals surface area contributed by atoms with Crippen molar-refractivity contribution in [3.05, 3.63) is 58.6 Å². The Kier molecular flexibility index (Phi) is 5.29. The van der Waals surface area contributed by atoms with Crippen LogP contribution >= 0.6 is 27.7 Å². The fraction of sp³-hybridized carbons (Fsp3) is 0.0625. The zero-order valence-corrected chi connectivity index (χ0v) is 15.2. The second-order valence-electron chi connectivity index (χ2n) is 4.96. The number of rotatable bonds is 5. The van der Waals surface area contributed by atoms with Crippen molar-refractivity contribution in [1.82, 2.24) is 15.0 Å².